The molecule has 22 heavy (non-hydrogen) atoms. The smallest absolute Gasteiger partial charge is 0.131 e. The van der Waals surface area contributed by atoms with Crippen LogP contribution in [0.2, 0.25) is 0 Å². The monoisotopic (exact) mass is 292 g/mol. The topological polar surface area (TPSA) is 20.2 Å². The van der Waals surface area contributed by atoms with Crippen LogP contribution in [0.15, 0.2) is 72.8 Å². The highest BCUT2D eigenvalue weighted by Crippen LogP contribution is 2.28. The fourth-order valence-corrected chi connectivity index (χ4v) is 2.54. The Morgan fingerprint density at radius 2 is 1.41 bits per heavy atom. The van der Waals surface area contributed by atoms with E-state index in [1.54, 1.807) is 6.07 Å². The second kappa shape index (κ2) is 6.54. The molecule has 0 radical (unpaired) electrons. The predicted molar refractivity (Wildman–Crippen MR) is 88.1 cm³/mol. The van der Waals surface area contributed by atoms with Crippen LogP contribution in [0.25, 0.3) is 22.3 Å². The molecule has 110 valence electrons. The Labute approximate surface area is 129 Å². The third-order valence-corrected chi connectivity index (χ3v) is 3.74. The van der Waals surface area contributed by atoms with E-state index in [4.69, 9.17) is 5.11 Å². The van der Waals surface area contributed by atoms with Crippen molar-refractivity contribution < 1.29 is 9.50 Å². The van der Waals surface area contributed by atoms with E-state index in [-0.39, 0.29) is 12.4 Å². The summed E-state index contributed by atoms with van der Waals surface area (Å²) in [5.41, 5.74) is 4.40. The predicted octanol–water partition coefficient (Wildman–Crippen LogP) is 4.69. The van der Waals surface area contributed by atoms with Crippen LogP contribution in [-0.4, -0.2) is 11.7 Å². The molecular formula is C20H17FO. The van der Waals surface area contributed by atoms with Gasteiger partial charge in [0.25, 0.3) is 0 Å². The Balaban J connectivity index is 1.91. The zero-order valence-electron chi connectivity index (χ0n) is 12.2. The molecule has 0 aromatic heterocycles. The highest BCUT2D eigenvalue weighted by atomic mass is 19.1. The molecule has 0 atom stereocenters. The van der Waals surface area contributed by atoms with Crippen molar-refractivity contribution in [3.8, 4) is 22.3 Å². The Morgan fingerprint density at radius 1 is 0.727 bits per heavy atom. The van der Waals surface area contributed by atoms with Gasteiger partial charge in [-0.2, -0.15) is 0 Å². The molecule has 3 aromatic carbocycles. The Morgan fingerprint density at radius 3 is 2.05 bits per heavy atom. The van der Waals surface area contributed by atoms with E-state index in [0.29, 0.717) is 12.0 Å². The maximum Gasteiger partial charge on any atom is 0.131 e. The van der Waals surface area contributed by atoms with Crippen molar-refractivity contribution in [3.05, 3.63) is 84.2 Å². The van der Waals surface area contributed by atoms with E-state index >= 15 is 0 Å². The van der Waals surface area contributed by atoms with Crippen molar-refractivity contribution in [1.82, 2.24) is 0 Å². The quantitative estimate of drug-likeness (QED) is 0.739. The number of hydrogen-bond acceptors (Lipinski definition) is 1. The molecule has 1 N–H and O–H groups in total. The number of hydrogen-bond donors (Lipinski definition) is 1. The maximum absolute atomic E-state index is 14.4. The van der Waals surface area contributed by atoms with Crippen LogP contribution >= 0.6 is 0 Å². The van der Waals surface area contributed by atoms with Crippen LogP contribution in [0.1, 0.15) is 5.56 Å². The van der Waals surface area contributed by atoms with Crippen LogP contribution < -0.4 is 0 Å². The summed E-state index contributed by atoms with van der Waals surface area (Å²) in [6.07, 6.45) is 0.640. The molecule has 0 fully saturated rings. The maximum atomic E-state index is 14.4. The van der Waals surface area contributed by atoms with E-state index < -0.39 is 0 Å². The third-order valence-electron chi connectivity index (χ3n) is 3.74. The molecule has 0 aliphatic carbocycles. The number of benzene rings is 3. The zero-order chi connectivity index (χ0) is 15.4. The molecule has 2 heteroatoms. The molecule has 0 heterocycles. The molecule has 3 aromatic rings. The molecule has 0 aliphatic rings. The Hall–Kier alpha value is -2.45. The Kier molecular flexibility index (Phi) is 4.31. The minimum absolute atomic E-state index is 0.139. The lowest BCUT2D eigenvalue weighted by molar-refractivity contribution is 0.299. The summed E-state index contributed by atoms with van der Waals surface area (Å²) in [6, 6.07) is 22.7. The SMILES string of the molecule is OCCc1ccc(-c2ccc(-c3ccccc3)c(F)c2)cc1. The first-order chi connectivity index (χ1) is 10.8. The third kappa shape index (κ3) is 3.07. The van der Waals surface area contributed by atoms with E-state index in [2.05, 4.69) is 0 Å². The summed E-state index contributed by atoms with van der Waals surface area (Å²) in [7, 11) is 0. The van der Waals surface area contributed by atoms with Gasteiger partial charge in [0.05, 0.1) is 0 Å². The normalized spacial score (nSPS) is 10.6. The van der Waals surface area contributed by atoms with Crippen LogP contribution in [0.4, 0.5) is 4.39 Å². The van der Waals surface area contributed by atoms with Crippen LogP contribution in [0, 0.1) is 5.82 Å². The number of rotatable bonds is 4. The fourth-order valence-electron chi connectivity index (χ4n) is 2.54. The minimum Gasteiger partial charge on any atom is -0.396 e. The lowest BCUT2D eigenvalue weighted by Crippen LogP contribution is -1.90. The lowest BCUT2D eigenvalue weighted by atomic mass is 9.98. The average Bonchev–Trinajstić information content (AvgIpc) is 2.56. The molecular weight excluding hydrogens is 275 g/mol. The van der Waals surface area contributed by atoms with Gasteiger partial charge in [0.2, 0.25) is 0 Å². The van der Waals surface area contributed by atoms with Gasteiger partial charge >= 0.3 is 0 Å². The summed E-state index contributed by atoms with van der Waals surface area (Å²) in [5, 5.41) is 8.93. The summed E-state index contributed by atoms with van der Waals surface area (Å²) in [5.74, 6) is -0.219. The van der Waals surface area contributed by atoms with E-state index in [1.165, 1.54) is 0 Å². The molecule has 0 bridgehead atoms. The fraction of sp³-hybridized carbons (Fsp3) is 0.100. The number of aliphatic hydroxyl groups excluding tert-OH is 1. The molecule has 0 saturated carbocycles. The van der Waals surface area contributed by atoms with Gasteiger partial charge in [-0.3, -0.25) is 0 Å². The Bertz CT molecular complexity index is 748. The summed E-state index contributed by atoms with van der Waals surface area (Å²) < 4.78 is 14.4. The highest BCUT2D eigenvalue weighted by Gasteiger charge is 2.07. The average molecular weight is 292 g/mol. The van der Waals surface area contributed by atoms with Gasteiger partial charge in [-0.1, -0.05) is 66.7 Å². The van der Waals surface area contributed by atoms with E-state index in [9.17, 15) is 4.39 Å². The van der Waals surface area contributed by atoms with Crippen molar-refractivity contribution in [2.45, 2.75) is 6.42 Å². The van der Waals surface area contributed by atoms with Crippen molar-refractivity contribution in [1.29, 1.82) is 0 Å². The van der Waals surface area contributed by atoms with Gasteiger partial charge in [0, 0.05) is 12.2 Å². The molecule has 0 saturated heterocycles. The summed E-state index contributed by atoms with van der Waals surface area (Å²) in [4.78, 5) is 0. The number of aliphatic hydroxyl groups is 1. The molecule has 1 nitrogen and oxygen atoms in total. The van der Waals surface area contributed by atoms with Crippen molar-refractivity contribution in [2.75, 3.05) is 6.61 Å². The standard InChI is InChI=1S/C20H17FO/c21-20-14-18(16-8-6-15(7-9-16)12-13-22)10-11-19(20)17-4-2-1-3-5-17/h1-11,14,22H,12-13H2. The first-order valence-corrected chi connectivity index (χ1v) is 7.33. The molecule has 0 spiro atoms. The number of halogens is 1. The van der Waals surface area contributed by atoms with Crippen molar-refractivity contribution in [3.63, 3.8) is 0 Å². The summed E-state index contributed by atoms with van der Waals surface area (Å²) in [6.45, 7) is 0.139. The lowest BCUT2D eigenvalue weighted by Gasteiger charge is -2.08. The van der Waals surface area contributed by atoms with Crippen LogP contribution in [0.3, 0.4) is 0 Å². The van der Waals surface area contributed by atoms with Gasteiger partial charge in [0.1, 0.15) is 5.82 Å². The largest absolute Gasteiger partial charge is 0.396 e. The molecule has 0 aliphatic heterocycles. The van der Waals surface area contributed by atoms with Crippen LogP contribution in [-0.2, 0) is 6.42 Å². The minimum atomic E-state index is -0.219. The van der Waals surface area contributed by atoms with Crippen molar-refractivity contribution >= 4 is 0 Å². The van der Waals surface area contributed by atoms with Gasteiger partial charge in [-0.15, -0.1) is 0 Å². The van der Waals surface area contributed by atoms with Gasteiger partial charge < -0.3 is 5.11 Å². The highest BCUT2D eigenvalue weighted by molar-refractivity contribution is 5.71. The second-order valence-corrected chi connectivity index (χ2v) is 5.23. The van der Waals surface area contributed by atoms with Gasteiger partial charge in [-0.05, 0) is 34.7 Å². The van der Waals surface area contributed by atoms with Gasteiger partial charge in [0.15, 0.2) is 0 Å². The zero-order valence-corrected chi connectivity index (χ0v) is 12.2. The van der Waals surface area contributed by atoms with Crippen LogP contribution in [0.5, 0.6) is 0 Å². The first kappa shape index (κ1) is 14.5. The first-order valence-electron chi connectivity index (χ1n) is 7.33. The molecule has 3 rings (SSSR count). The van der Waals surface area contributed by atoms with Crippen molar-refractivity contribution in [2.24, 2.45) is 0 Å². The molecule has 0 unspecified atom stereocenters. The second-order valence-electron chi connectivity index (χ2n) is 5.23. The van der Waals surface area contributed by atoms with Gasteiger partial charge in [-0.25, -0.2) is 4.39 Å². The summed E-state index contributed by atoms with van der Waals surface area (Å²) >= 11 is 0. The molecule has 0 amide bonds. The van der Waals surface area contributed by atoms with E-state index in [0.717, 1.165) is 22.3 Å². The van der Waals surface area contributed by atoms with E-state index in [1.807, 2.05) is 66.7 Å².